The van der Waals surface area contributed by atoms with Gasteiger partial charge in [-0.15, -0.1) is 0 Å². The molecule has 1 saturated carbocycles. The number of hydrogen-bond donors (Lipinski definition) is 2. The number of ether oxygens (including phenoxy) is 1. The van der Waals surface area contributed by atoms with Gasteiger partial charge < -0.3 is 20.1 Å². The number of aliphatic imine (C=N–C) groups is 1. The fraction of sp³-hybridized carbons (Fsp3) is 0.357. The second kappa shape index (κ2) is 8.02. The number of rotatable bonds is 4. The van der Waals surface area contributed by atoms with Crippen LogP contribution in [0, 0.1) is 12.8 Å². The van der Waals surface area contributed by atoms with Crippen LogP contribution in [0.4, 0.5) is 0 Å². The van der Waals surface area contributed by atoms with Gasteiger partial charge >= 0.3 is 0 Å². The molecule has 0 amide bonds. The third-order valence-electron chi connectivity index (χ3n) is 7.87. The van der Waals surface area contributed by atoms with Gasteiger partial charge in [0.1, 0.15) is 10.9 Å². The van der Waals surface area contributed by atoms with E-state index < -0.39 is 16.9 Å². The van der Waals surface area contributed by atoms with Crippen molar-refractivity contribution in [1.82, 2.24) is 15.2 Å². The van der Waals surface area contributed by atoms with Crippen LogP contribution in [0.2, 0.25) is 5.15 Å². The summed E-state index contributed by atoms with van der Waals surface area (Å²) in [6.07, 6.45) is 0. The first-order valence-electron chi connectivity index (χ1n) is 12.0. The van der Waals surface area contributed by atoms with Gasteiger partial charge in [0, 0.05) is 34.6 Å². The molecular weight excluding hydrogens is 540 g/mol. The summed E-state index contributed by atoms with van der Waals surface area (Å²) in [7, 11) is 4.04. The highest BCUT2D eigenvalue weighted by Gasteiger charge is 2.85. The molecule has 0 saturated heterocycles. The molecule has 2 aromatic carbocycles. The second-order valence-electron chi connectivity index (χ2n) is 10.3. The van der Waals surface area contributed by atoms with Gasteiger partial charge in [0.25, 0.3) is 0 Å². The van der Waals surface area contributed by atoms with E-state index in [2.05, 4.69) is 55.4 Å². The third kappa shape index (κ3) is 2.91. The van der Waals surface area contributed by atoms with E-state index in [0.29, 0.717) is 28.8 Å². The van der Waals surface area contributed by atoms with E-state index in [4.69, 9.17) is 21.3 Å². The Morgan fingerprint density at radius 2 is 1.81 bits per heavy atom. The number of halogens is 2. The molecule has 0 bridgehead atoms. The van der Waals surface area contributed by atoms with Crippen molar-refractivity contribution < 1.29 is 9.84 Å². The first kappa shape index (κ1) is 23.9. The third-order valence-corrected chi connectivity index (χ3v) is 8.67. The first-order chi connectivity index (χ1) is 17.1. The van der Waals surface area contributed by atoms with E-state index in [1.54, 1.807) is 0 Å². The van der Waals surface area contributed by atoms with Crippen LogP contribution in [-0.4, -0.2) is 47.2 Å². The number of pyridine rings is 1. The monoisotopic (exact) mass is 566 g/mol. The van der Waals surface area contributed by atoms with Crippen molar-refractivity contribution in [3.05, 3.63) is 92.7 Å². The lowest BCUT2D eigenvalue weighted by Crippen LogP contribution is -2.61. The predicted molar refractivity (Wildman–Crippen MR) is 145 cm³/mol. The van der Waals surface area contributed by atoms with Gasteiger partial charge in [-0.05, 0) is 51.2 Å². The minimum atomic E-state index is -1.49. The van der Waals surface area contributed by atoms with Crippen LogP contribution < -0.4 is 10.1 Å². The molecule has 2 N–H and O–H groups in total. The van der Waals surface area contributed by atoms with Gasteiger partial charge in [0.15, 0.2) is 16.9 Å². The molecule has 3 aliphatic rings. The maximum Gasteiger partial charge on any atom is 0.186 e. The molecule has 8 heteroatoms. The zero-order valence-corrected chi connectivity index (χ0v) is 22.9. The molecule has 0 radical (unpaired) electrons. The number of benzene rings is 2. The lowest BCUT2D eigenvalue weighted by Gasteiger charge is -2.42. The lowest BCUT2D eigenvalue weighted by molar-refractivity contribution is -0.0855. The van der Waals surface area contributed by atoms with Crippen molar-refractivity contribution >= 4 is 33.4 Å². The van der Waals surface area contributed by atoms with Crippen molar-refractivity contribution in [3.63, 3.8) is 0 Å². The summed E-state index contributed by atoms with van der Waals surface area (Å²) in [5.41, 5.74) is -0.463. The number of aromatic nitrogens is 1. The van der Waals surface area contributed by atoms with Gasteiger partial charge in [-0.25, -0.2) is 4.98 Å². The summed E-state index contributed by atoms with van der Waals surface area (Å²) in [6.45, 7) is 4.38. The average molecular weight is 568 g/mol. The minimum Gasteiger partial charge on any atom is -0.478 e. The fourth-order valence-corrected chi connectivity index (χ4v) is 7.50. The molecule has 2 aliphatic heterocycles. The maximum atomic E-state index is 12.9. The Kier molecular flexibility index (Phi) is 5.33. The Bertz CT molecular complexity index is 1380. The van der Waals surface area contributed by atoms with Gasteiger partial charge in [-0.1, -0.05) is 70.0 Å². The molecule has 6 nitrogen and oxygen atoms in total. The van der Waals surface area contributed by atoms with Crippen LogP contribution in [0.25, 0.3) is 0 Å². The van der Waals surface area contributed by atoms with E-state index in [9.17, 15) is 5.11 Å². The zero-order chi connectivity index (χ0) is 25.5. The Balaban J connectivity index is 1.78. The highest BCUT2D eigenvalue weighted by Crippen LogP contribution is 2.74. The summed E-state index contributed by atoms with van der Waals surface area (Å²) in [5.74, 6) is 0.686. The molecule has 6 rings (SSSR count). The quantitative estimate of drug-likeness (QED) is 0.436. The minimum absolute atomic E-state index is 0.264. The smallest absolute Gasteiger partial charge is 0.186 e. The first-order valence-corrected chi connectivity index (χ1v) is 13.2. The van der Waals surface area contributed by atoms with E-state index in [1.165, 1.54) is 0 Å². The average Bonchev–Trinajstić information content (AvgIpc) is 3.31. The molecule has 1 spiro atoms. The van der Waals surface area contributed by atoms with Crippen LogP contribution in [0.15, 0.2) is 70.1 Å². The Morgan fingerprint density at radius 1 is 1.11 bits per heavy atom. The van der Waals surface area contributed by atoms with Crippen molar-refractivity contribution in [2.24, 2.45) is 10.9 Å². The van der Waals surface area contributed by atoms with Crippen molar-refractivity contribution in [1.29, 1.82) is 0 Å². The standard InChI is InChI=1S/C28H28BrClN4O2/c1-16-14-22-24(25(30)31-16)27-26(36-22,19-10-12-20(29)13-11-19)23(18-8-6-5-7-9-18)21(15-34(3)4)28(27,35)33-17(2)32-27/h5-14,21,23,35H,15H2,1-4H3,(H,32,33)/t21-,23-,26+,27-,28-/m1/s1. The Morgan fingerprint density at radius 3 is 2.47 bits per heavy atom. The van der Waals surface area contributed by atoms with Crippen molar-refractivity contribution in [2.75, 3.05) is 20.6 Å². The van der Waals surface area contributed by atoms with Crippen LogP contribution in [0.1, 0.15) is 35.2 Å². The maximum absolute atomic E-state index is 12.9. The largest absolute Gasteiger partial charge is 0.478 e. The topological polar surface area (TPSA) is 70.0 Å². The number of aliphatic hydroxyl groups is 1. The van der Waals surface area contributed by atoms with Crippen LogP contribution >= 0.6 is 27.5 Å². The molecule has 1 fully saturated rings. The molecule has 5 atom stereocenters. The van der Waals surface area contributed by atoms with E-state index in [1.807, 2.05) is 64.3 Å². The van der Waals surface area contributed by atoms with Gasteiger partial charge in [0.05, 0.1) is 11.4 Å². The molecule has 186 valence electrons. The predicted octanol–water partition coefficient (Wildman–Crippen LogP) is 4.97. The number of nitrogens with zero attached hydrogens (tertiary/aromatic N) is 3. The molecule has 36 heavy (non-hydrogen) atoms. The van der Waals surface area contributed by atoms with Crippen LogP contribution in [-0.2, 0) is 11.1 Å². The normalized spacial score (nSPS) is 31.9. The van der Waals surface area contributed by atoms with E-state index in [-0.39, 0.29) is 11.8 Å². The van der Waals surface area contributed by atoms with E-state index >= 15 is 0 Å². The zero-order valence-electron chi connectivity index (χ0n) is 20.6. The molecule has 1 aromatic heterocycles. The highest BCUT2D eigenvalue weighted by atomic mass is 79.9. The number of hydrogen-bond acceptors (Lipinski definition) is 6. The summed E-state index contributed by atoms with van der Waals surface area (Å²) < 4.78 is 8.10. The highest BCUT2D eigenvalue weighted by molar-refractivity contribution is 9.10. The van der Waals surface area contributed by atoms with Crippen molar-refractivity contribution in [2.45, 2.75) is 36.6 Å². The van der Waals surface area contributed by atoms with Gasteiger partial charge in [-0.2, -0.15) is 0 Å². The van der Waals surface area contributed by atoms with Crippen LogP contribution in [0.3, 0.4) is 0 Å². The SMILES string of the molecule is CC1=N[C@]23c4c(cc(C)nc4Cl)O[C@@]2(c2ccc(Br)cc2)[C@H](c2ccccc2)[C@@H](CN(C)C)[C@]3(O)N1. The fourth-order valence-electron chi connectivity index (χ4n) is 6.87. The Hall–Kier alpha value is -2.45. The summed E-state index contributed by atoms with van der Waals surface area (Å²) in [4.78, 5) is 11.9. The molecule has 3 aromatic rings. The molecule has 3 heterocycles. The van der Waals surface area contributed by atoms with Crippen molar-refractivity contribution in [3.8, 4) is 5.75 Å². The van der Waals surface area contributed by atoms with E-state index in [0.717, 1.165) is 21.3 Å². The molecule has 0 unspecified atom stereocenters. The summed E-state index contributed by atoms with van der Waals surface area (Å²) in [6, 6.07) is 20.3. The van der Waals surface area contributed by atoms with Gasteiger partial charge in [0.2, 0.25) is 0 Å². The summed E-state index contributed by atoms with van der Waals surface area (Å²) in [5, 5.41) is 16.6. The Labute approximate surface area is 224 Å². The number of amidine groups is 1. The number of aryl methyl sites for hydroxylation is 1. The number of nitrogens with one attached hydrogen (secondary N) is 1. The molecular formula is C28H28BrClN4O2. The second-order valence-corrected chi connectivity index (χ2v) is 11.6. The van der Waals surface area contributed by atoms with Crippen LogP contribution in [0.5, 0.6) is 5.75 Å². The lowest BCUT2D eigenvalue weighted by atomic mass is 9.69. The molecule has 1 aliphatic carbocycles. The number of fused-ring (bicyclic) bond motifs is 1. The summed E-state index contributed by atoms with van der Waals surface area (Å²) >= 11 is 10.5. The van der Waals surface area contributed by atoms with Gasteiger partial charge in [-0.3, -0.25) is 4.99 Å².